The van der Waals surface area contributed by atoms with Crippen LogP contribution in [0, 0.1) is 16.0 Å². The minimum Gasteiger partial charge on any atom is -0.330 e. The van der Waals surface area contributed by atoms with Crippen LogP contribution in [0.3, 0.4) is 0 Å². The fourth-order valence-electron chi connectivity index (χ4n) is 2.49. The molecule has 2 atom stereocenters. The molecule has 1 aromatic rings. The molecule has 0 aliphatic carbocycles. The van der Waals surface area contributed by atoms with Crippen molar-refractivity contribution >= 4 is 15.7 Å². The van der Waals surface area contributed by atoms with E-state index in [-0.39, 0.29) is 22.5 Å². The van der Waals surface area contributed by atoms with Crippen LogP contribution in [-0.4, -0.2) is 36.8 Å². The topological polar surface area (TPSA) is 107 Å². The Balaban J connectivity index is 2.28. The van der Waals surface area contributed by atoms with Gasteiger partial charge < -0.3 is 5.73 Å². The summed E-state index contributed by atoms with van der Waals surface area (Å²) in [7, 11) is -3.62. The number of non-ortho nitro benzene ring substituents is 1. The van der Waals surface area contributed by atoms with Crippen LogP contribution in [0.1, 0.15) is 13.3 Å². The van der Waals surface area contributed by atoms with Crippen LogP contribution in [0.2, 0.25) is 0 Å². The van der Waals surface area contributed by atoms with Crippen LogP contribution in [0.4, 0.5) is 5.69 Å². The molecule has 20 heavy (non-hydrogen) atoms. The smallest absolute Gasteiger partial charge is 0.269 e. The maximum Gasteiger partial charge on any atom is 0.269 e. The first kappa shape index (κ1) is 14.9. The van der Waals surface area contributed by atoms with Crippen molar-refractivity contribution < 1.29 is 13.3 Å². The fourth-order valence-corrected chi connectivity index (χ4v) is 4.21. The number of nitro benzene ring substituents is 1. The van der Waals surface area contributed by atoms with Crippen molar-refractivity contribution in [1.29, 1.82) is 0 Å². The van der Waals surface area contributed by atoms with Crippen LogP contribution < -0.4 is 5.73 Å². The van der Waals surface area contributed by atoms with Gasteiger partial charge in [-0.25, -0.2) is 8.42 Å². The van der Waals surface area contributed by atoms with E-state index in [1.54, 1.807) is 0 Å². The summed E-state index contributed by atoms with van der Waals surface area (Å²) in [6.45, 7) is 2.70. The fraction of sp³-hybridized carbons (Fsp3) is 0.500. The van der Waals surface area contributed by atoms with E-state index in [1.165, 1.54) is 28.6 Å². The largest absolute Gasteiger partial charge is 0.330 e. The van der Waals surface area contributed by atoms with Crippen molar-refractivity contribution in [3.63, 3.8) is 0 Å². The van der Waals surface area contributed by atoms with E-state index in [2.05, 4.69) is 0 Å². The minimum atomic E-state index is -3.62. The second-order valence-electron chi connectivity index (χ2n) is 5.01. The predicted molar refractivity (Wildman–Crippen MR) is 73.6 cm³/mol. The molecule has 7 nitrogen and oxygen atoms in total. The molecule has 0 saturated carbocycles. The number of benzene rings is 1. The van der Waals surface area contributed by atoms with Crippen LogP contribution in [-0.2, 0) is 10.0 Å². The number of hydrogen-bond acceptors (Lipinski definition) is 5. The number of nitrogens with two attached hydrogens (primary N) is 1. The van der Waals surface area contributed by atoms with E-state index in [9.17, 15) is 18.5 Å². The highest BCUT2D eigenvalue weighted by atomic mass is 32.2. The second kappa shape index (κ2) is 5.47. The van der Waals surface area contributed by atoms with E-state index in [0.717, 1.165) is 6.42 Å². The average Bonchev–Trinajstić information content (AvgIpc) is 2.81. The summed E-state index contributed by atoms with van der Waals surface area (Å²) < 4.78 is 26.4. The molecule has 1 aromatic carbocycles. The monoisotopic (exact) mass is 299 g/mol. The molecule has 1 aliphatic heterocycles. The zero-order valence-electron chi connectivity index (χ0n) is 11.1. The third-order valence-electron chi connectivity index (χ3n) is 3.59. The first-order valence-electron chi connectivity index (χ1n) is 6.32. The van der Waals surface area contributed by atoms with Crippen LogP contribution in [0.15, 0.2) is 29.2 Å². The Hall–Kier alpha value is -1.51. The van der Waals surface area contributed by atoms with Crippen LogP contribution >= 0.6 is 0 Å². The Morgan fingerprint density at radius 3 is 2.45 bits per heavy atom. The number of rotatable bonds is 4. The van der Waals surface area contributed by atoms with E-state index in [1.807, 2.05) is 6.92 Å². The van der Waals surface area contributed by atoms with Crippen molar-refractivity contribution in [3.05, 3.63) is 34.4 Å². The SMILES string of the molecule is C[C@H]1C[C@H](CN)CN1S(=O)(=O)c1ccc([N+](=O)[O-])cc1. The molecule has 1 heterocycles. The van der Waals surface area contributed by atoms with Gasteiger partial charge in [0.25, 0.3) is 5.69 Å². The average molecular weight is 299 g/mol. The van der Waals surface area contributed by atoms with E-state index < -0.39 is 14.9 Å². The third-order valence-corrected chi connectivity index (χ3v) is 5.59. The predicted octanol–water partition coefficient (Wildman–Crippen LogP) is 0.953. The highest BCUT2D eigenvalue weighted by molar-refractivity contribution is 7.89. The molecule has 2 rings (SSSR count). The van der Waals surface area contributed by atoms with Crippen LogP contribution in [0.25, 0.3) is 0 Å². The molecule has 1 aliphatic rings. The first-order valence-corrected chi connectivity index (χ1v) is 7.76. The highest BCUT2D eigenvalue weighted by Crippen LogP contribution is 2.29. The maximum atomic E-state index is 12.5. The summed E-state index contributed by atoms with van der Waals surface area (Å²) in [5.41, 5.74) is 5.47. The zero-order valence-corrected chi connectivity index (χ0v) is 11.9. The number of hydrogen-bond donors (Lipinski definition) is 1. The quantitative estimate of drug-likeness (QED) is 0.658. The molecule has 8 heteroatoms. The molecule has 0 spiro atoms. The molecular weight excluding hydrogens is 282 g/mol. The molecule has 0 unspecified atom stereocenters. The maximum absolute atomic E-state index is 12.5. The van der Waals surface area contributed by atoms with Gasteiger partial charge >= 0.3 is 0 Å². The van der Waals surface area contributed by atoms with E-state index in [0.29, 0.717) is 13.1 Å². The second-order valence-corrected chi connectivity index (χ2v) is 6.90. The summed E-state index contributed by atoms with van der Waals surface area (Å²) >= 11 is 0. The van der Waals surface area contributed by atoms with Gasteiger partial charge in [0.2, 0.25) is 10.0 Å². The van der Waals surface area contributed by atoms with Gasteiger partial charge in [0.1, 0.15) is 0 Å². The lowest BCUT2D eigenvalue weighted by molar-refractivity contribution is -0.384. The Bertz CT molecular complexity index is 600. The highest BCUT2D eigenvalue weighted by Gasteiger charge is 2.37. The Morgan fingerprint density at radius 1 is 1.40 bits per heavy atom. The number of nitro groups is 1. The molecule has 0 amide bonds. The van der Waals surface area contributed by atoms with Gasteiger partial charge in [0.15, 0.2) is 0 Å². The summed E-state index contributed by atoms with van der Waals surface area (Å²) in [5.74, 6) is 0.165. The Morgan fingerprint density at radius 2 is 2.00 bits per heavy atom. The van der Waals surface area contributed by atoms with Gasteiger partial charge in [-0.1, -0.05) is 0 Å². The van der Waals surface area contributed by atoms with E-state index in [4.69, 9.17) is 5.73 Å². The molecule has 0 bridgehead atoms. The lowest BCUT2D eigenvalue weighted by atomic mass is 10.1. The van der Waals surface area contributed by atoms with Crippen molar-refractivity contribution in [2.75, 3.05) is 13.1 Å². The number of sulfonamides is 1. The van der Waals surface area contributed by atoms with Crippen molar-refractivity contribution in [1.82, 2.24) is 4.31 Å². The summed E-state index contributed by atoms with van der Waals surface area (Å²) in [4.78, 5) is 10.1. The van der Waals surface area contributed by atoms with Crippen molar-refractivity contribution in [2.24, 2.45) is 11.7 Å². The molecule has 2 N–H and O–H groups in total. The van der Waals surface area contributed by atoms with Crippen molar-refractivity contribution in [2.45, 2.75) is 24.3 Å². The standard InChI is InChI=1S/C12H17N3O4S/c1-9-6-10(7-13)8-14(9)20(18,19)12-4-2-11(3-5-12)15(16)17/h2-5,9-10H,6-8,13H2,1H3/t9-,10+/m0/s1. The summed E-state index contributed by atoms with van der Waals surface area (Å²) in [6, 6.07) is 4.84. The van der Waals surface area contributed by atoms with Crippen molar-refractivity contribution in [3.8, 4) is 0 Å². The Kier molecular flexibility index (Phi) is 4.07. The Labute approximate surface area is 117 Å². The lowest BCUT2D eigenvalue weighted by Crippen LogP contribution is -2.34. The molecule has 1 saturated heterocycles. The van der Waals surface area contributed by atoms with E-state index >= 15 is 0 Å². The van der Waals surface area contributed by atoms with Gasteiger partial charge in [-0.15, -0.1) is 0 Å². The van der Waals surface area contributed by atoms with Gasteiger partial charge in [0.05, 0.1) is 9.82 Å². The lowest BCUT2D eigenvalue weighted by Gasteiger charge is -2.20. The zero-order chi connectivity index (χ0) is 14.9. The molecule has 110 valence electrons. The van der Waals surface area contributed by atoms with Crippen LogP contribution in [0.5, 0.6) is 0 Å². The molecule has 0 radical (unpaired) electrons. The molecular formula is C12H17N3O4S. The van der Waals surface area contributed by atoms with Gasteiger partial charge in [-0.3, -0.25) is 10.1 Å². The minimum absolute atomic E-state index is 0.0765. The van der Waals surface area contributed by atoms with Gasteiger partial charge in [-0.05, 0) is 37.9 Å². The normalized spacial score (nSPS) is 23.9. The molecule has 0 aromatic heterocycles. The first-order chi connectivity index (χ1) is 9.36. The third kappa shape index (κ3) is 2.67. The summed E-state index contributed by atoms with van der Waals surface area (Å²) in [5, 5.41) is 10.6. The van der Waals surface area contributed by atoms with Gasteiger partial charge in [-0.2, -0.15) is 4.31 Å². The summed E-state index contributed by atoms with van der Waals surface area (Å²) in [6.07, 6.45) is 0.739. The number of nitrogens with zero attached hydrogens (tertiary/aromatic N) is 2. The molecule has 1 fully saturated rings. The van der Waals surface area contributed by atoms with Gasteiger partial charge in [0, 0.05) is 24.7 Å².